The molecule has 1 aromatic heterocycles. The maximum Gasteiger partial charge on any atom is 0.264 e. The molecule has 0 aliphatic carbocycles. The molecular formula is C25H26ClFN2O2S. The van der Waals surface area contributed by atoms with E-state index < -0.39 is 0 Å². The average molecular weight is 473 g/mol. The number of nitrogens with zero attached hydrogens (tertiary/aromatic N) is 2. The van der Waals surface area contributed by atoms with Crippen molar-refractivity contribution in [2.75, 3.05) is 26.2 Å². The molecule has 0 atom stereocenters. The summed E-state index contributed by atoms with van der Waals surface area (Å²) in [6.45, 7) is 8.04. The molecule has 0 bridgehead atoms. The van der Waals surface area contributed by atoms with Crippen molar-refractivity contribution < 1.29 is 13.9 Å². The third-order valence-electron chi connectivity index (χ3n) is 5.88. The predicted octanol–water partition coefficient (Wildman–Crippen LogP) is 5.69. The van der Waals surface area contributed by atoms with Crippen LogP contribution in [-0.2, 0) is 13.2 Å². The molecule has 7 heteroatoms. The van der Waals surface area contributed by atoms with Crippen LogP contribution in [0.5, 0.6) is 5.75 Å². The Morgan fingerprint density at radius 3 is 2.66 bits per heavy atom. The van der Waals surface area contributed by atoms with Gasteiger partial charge in [0, 0.05) is 43.3 Å². The van der Waals surface area contributed by atoms with Crippen molar-refractivity contribution in [1.82, 2.24) is 9.80 Å². The summed E-state index contributed by atoms with van der Waals surface area (Å²) in [5.41, 5.74) is 4.24. The fourth-order valence-electron chi connectivity index (χ4n) is 3.76. The lowest BCUT2D eigenvalue weighted by Gasteiger charge is -2.34. The van der Waals surface area contributed by atoms with E-state index in [0.29, 0.717) is 31.3 Å². The molecule has 1 aliphatic rings. The molecule has 3 aromatic rings. The van der Waals surface area contributed by atoms with Gasteiger partial charge in [-0.3, -0.25) is 9.69 Å². The van der Waals surface area contributed by atoms with Crippen LogP contribution in [0, 0.1) is 19.7 Å². The Bertz CT molecular complexity index is 1110. The molecule has 2 heterocycles. The summed E-state index contributed by atoms with van der Waals surface area (Å²) in [4.78, 5) is 17.8. The molecule has 0 unspecified atom stereocenters. The second kappa shape index (κ2) is 10.0. The first kappa shape index (κ1) is 22.8. The average Bonchev–Trinajstić information content (AvgIpc) is 3.26. The van der Waals surface area contributed by atoms with Crippen LogP contribution in [0.4, 0.5) is 4.39 Å². The van der Waals surface area contributed by atoms with Crippen molar-refractivity contribution in [2.24, 2.45) is 0 Å². The zero-order valence-electron chi connectivity index (χ0n) is 18.2. The summed E-state index contributed by atoms with van der Waals surface area (Å²) in [7, 11) is 0. The van der Waals surface area contributed by atoms with Gasteiger partial charge in [-0.05, 0) is 60.2 Å². The highest BCUT2D eigenvalue weighted by Crippen LogP contribution is 2.24. The molecule has 0 N–H and O–H groups in total. The smallest absolute Gasteiger partial charge is 0.264 e. The molecule has 0 spiro atoms. The van der Waals surface area contributed by atoms with E-state index in [0.717, 1.165) is 40.4 Å². The topological polar surface area (TPSA) is 32.8 Å². The van der Waals surface area contributed by atoms with E-state index in [-0.39, 0.29) is 11.7 Å². The quantitative estimate of drug-likeness (QED) is 0.461. The molecular weight excluding hydrogens is 447 g/mol. The van der Waals surface area contributed by atoms with Gasteiger partial charge >= 0.3 is 0 Å². The van der Waals surface area contributed by atoms with Gasteiger partial charge in [0.05, 0.1) is 4.88 Å². The molecule has 2 aromatic carbocycles. The fraction of sp³-hybridized carbons (Fsp3) is 0.320. The summed E-state index contributed by atoms with van der Waals surface area (Å²) < 4.78 is 19.2. The Morgan fingerprint density at radius 1 is 1.12 bits per heavy atom. The standard InChI is InChI=1S/C25H26ClFN2O2S/c1-17-4-3-5-23(18(17)2)31-15-19-12-24(32-16-19)25(30)29-10-8-28(9-11-29)14-20-6-7-21(27)13-22(20)26/h3-7,12-13,16H,8-11,14-15H2,1-2H3. The lowest BCUT2D eigenvalue weighted by atomic mass is 10.1. The van der Waals surface area contributed by atoms with Crippen molar-refractivity contribution >= 4 is 28.8 Å². The van der Waals surface area contributed by atoms with Gasteiger partial charge in [0.15, 0.2) is 0 Å². The largest absolute Gasteiger partial charge is 0.489 e. The van der Waals surface area contributed by atoms with Gasteiger partial charge in [0.25, 0.3) is 5.91 Å². The molecule has 1 aliphatic heterocycles. The number of piperazine rings is 1. The number of rotatable bonds is 6. The second-order valence-electron chi connectivity index (χ2n) is 8.11. The van der Waals surface area contributed by atoms with E-state index in [1.54, 1.807) is 6.07 Å². The highest BCUT2D eigenvalue weighted by molar-refractivity contribution is 7.12. The van der Waals surface area contributed by atoms with Gasteiger partial charge < -0.3 is 9.64 Å². The lowest BCUT2D eigenvalue weighted by molar-refractivity contribution is 0.0633. The van der Waals surface area contributed by atoms with E-state index in [2.05, 4.69) is 24.8 Å². The van der Waals surface area contributed by atoms with Gasteiger partial charge in [-0.2, -0.15) is 0 Å². The van der Waals surface area contributed by atoms with Crippen molar-refractivity contribution in [3.63, 3.8) is 0 Å². The third kappa shape index (κ3) is 5.31. The van der Waals surface area contributed by atoms with E-state index in [4.69, 9.17) is 16.3 Å². The zero-order valence-corrected chi connectivity index (χ0v) is 19.8. The van der Waals surface area contributed by atoms with Crippen molar-refractivity contribution in [3.05, 3.63) is 85.8 Å². The van der Waals surface area contributed by atoms with Gasteiger partial charge in [0.2, 0.25) is 0 Å². The Balaban J connectivity index is 1.30. The molecule has 0 saturated carbocycles. The lowest BCUT2D eigenvalue weighted by Crippen LogP contribution is -2.48. The molecule has 1 saturated heterocycles. The van der Waals surface area contributed by atoms with Gasteiger partial charge in [-0.15, -0.1) is 11.3 Å². The minimum Gasteiger partial charge on any atom is -0.489 e. The van der Waals surface area contributed by atoms with Crippen LogP contribution in [0.1, 0.15) is 31.9 Å². The summed E-state index contributed by atoms with van der Waals surface area (Å²) in [6, 6.07) is 12.5. The van der Waals surface area contributed by atoms with Crippen molar-refractivity contribution in [3.8, 4) is 5.75 Å². The van der Waals surface area contributed by atoms with Crippen LogP contribution >= 0.6 is 22.9 Å². The first-order valence-corrected chi connectivity index (χ1v) is 11.9. The summed E-state index contributed by atoms with van der Waals surface area (Å²) in [5.74, 6) is 0.609. The summed E-state index contributed by atoms with van der Waals surface area (Å²) in [6.07, 6.45) is 0. The Labute approximate surface area is 197 Å². The number of thiophene rings is 1. The Kier molecular flexibility index (Phi) is 7.13. The third-order valence-corrected chi connectivity index (χ3v) is 7.20. The number of benzene rings is 2. The van der Waals surface area contributed by atoms with E-state index in [1.807, 2.05) is 28.5 Å². The fourth-order valence-corrected chi connectivity index (χ4v) is 4.85. The highest BCUT2D eigenvalue weighted by atomic mass is 35.5. The SMILES string of the molecule is Cc1cccc(OCc2csc(C(=O)N3CCN(Cc4ccc(F)cc4Cl)CC3)c2)c1C. The molecule has 4 rings (SSSR count). The monoisotopic (exact) mass is 472 g/mol. The number of hydrogen-bond donors (Lipinski definition) is 0. The maximum atomic E-state index is 13.2. The first-order valence-electron chi connectivity index (χ1n) is 10.6. The number of ether oxygens (including phenoxy) is 1. The number of aryl methyl sites for hydroxylation is 1. The number of hydrogen-bond acceptors (Lipinski definition) is 4. The van der Waals surface area contributed by atoms with Crippen LogP contribution in [0.2, 0.25) is 5.02 Å². The Hall–Kier alpha value is -2.41. The normalized spacial score (nSPS) is 14.6. The van der Waals surface area contributed by atoms with Crippen LogP contribution in [-0.4, -0.2) is 41.9 Å². The van der Waals surface area contributed by atoms with Crippen LogP contribution in [0.3, 0.4) is 0 Å². The molecule has 32 heavy (non-hydrogen) atoms. The summed E-state index contributed by atoms with van der Waals surface area (Å²) in [5, 5.41) is 2.43. The summed E-state index contributed by atoms with van der Waals surface area (Å²) >= 11 is 7.61. The number of carbonyl (C=O) groups excluding carboxylic acids is 1. The Morgan fingerprint density at radius 2 is 1.91 bits per heavy atom. The van der Waals surface area contributed by atoms with E-state index in [9.17, 15) is 9.18 Å². The van der Waals surface area contributed by atoms with Crippen LogP contribution in [0.15, 0.2) is 47.8 Å². The van der Waals surface area contributed by atoms with Crippen LogP contribution < -0.4 is 4.74 Å². The zero-order chi connectivity index (χ0) is 22.7. The van der Waals surface area contributed by atoms with Crippen molar-refractivity contribution in [2.45, 2.75) is 27.0 Å². The minimum atomic E-state index is -0.330. The highest BCUT2D eigenvalue weighted by Gasteiger charge is 2.23. The van der Waals surface area contributed by atoms with Crippen LogP contribution in [0.25, 0.3) is 0 Å². The van der Waals surface area contributed by atoms with Gasteiger partial charge in [0.1, 0.15) is 18.2 Å². The molecule has 0 radical (unpaired) electrons. The minimum absolute atomic E-state index is 0.0625. The maximum absolute atomic E-state index is 13.2. The van der Waals surface area contributed by atoms with Crippen molar-refractivity contribution in [1.29, 1.82) is 0 Å². The van der Waals surface area contributed by atoms with E-state index in [1.165, 1.54) is 29.0 Å². The number of carbonyl (C=O) groups is 1. The number of halogens is 2. The molecule has 1 fully saturated rings. The van der Waals surface area contributed by atoms with Gasteiger partial charge in [-0.1, -0.05) is 29.8 Å². The van der Waals surface area contributed by atoms with E-state index >= 15 is 0 Å². The number of amides is 1. The first-order chi connectivity index (χ1) is 15.4. The predicted molar refractivity (Wildman–Crippen MR) is 127 cm³/mol. The van der Waals surface area contributed by atoms with Gasteiger partial charge in [-0.25, -0.2) is 4.39 Å². The molecule has 4 nitrogen and oxygen atoms in total. The second-order valence-corrected chi connectivity index (χ2v) is 9.43. The molecule has 168 valence electrons. The molecule has 1 amide bonds.